The van der Waals surface area contributed by atoms with E-state index in [0.717, 1.165) is 10.8 Å². The van der Waals surface area contributed by atoms with Gasteiger partial charge < -0.3 is 25.4 Å². The van der Waals surface area contributed by atoms with E-state index in [1.165, 1.54) is 4.90 Å². The second kappa shape index (κ2) is 11.2. The number of hydrogen-bond donors (Lipinski definition) is 3. The molecule has 0 unspecified atom stereocenters. The molecule has 1 saturated heterocycles. The van der Waals surface area contributed by atoms with E-state index in [9.17, 15) is 22.8 Å². The number of ether oxygens (including phenoxy) is 2. The zero-order valence-corrected chi connectivity index (χ0v) is 26.1. The van der Waals surface area contributed by atoms with Crippen LogP contribution >= 0.6 is 0 Å². The Labute approximate surface area is 252 Å². The summed E-state index contributed by atoms with van der Waals surface area (Å²) in [5.74, 6) is -0.878. The standard InChI is InChI=1S/C30H41N5O7S/c1-6-18-15-30(18,28(38)34-43(39,40)21-8-9-21)33-25(36)23-14-20(16-35(23)27(37)24(31)29(2,3)4)42-26-22-10-7-19(41-5)13-17(22)11-12-32-26/h7,10-13,18,20-21,23-24H,6,8-9,14-16,31H2,1-5H3,(H,33,36)(H,34,38)/t18-,20-,23+,24-,30-/m1/s1. The summed E-state index contributed by atoms with van der Waals surface area (Å²) >= 11 is 0. The van der Waals surface area contributed by atoms with Crippen LogP contribution in [0.2, 0.25) is 0 Å². The van der Waals surface area contributed by atoms with Crippen molar-refractivity contribution in [3.05, 3.63) is 30.5 Å². The van der Waals surface area contributed by atoms with Crippen molar-refractivity contribution >= 4 is 38.5 Å². The van der Waals surface area contributed by atoms with Crippen molar-refractivity contribution < 1.29 is 32.3 Å². The molecule has 1 aromatic carbocycles. The Morgan fingerprint density at radius 2 is 1.93 bits per heavy atom. The zero-order valence-electron chi connectivity index (χ0n) is 25.3. The van der Waals surface area contributed by atoms with Crippen LogP contribution in [-0.4, -0.2) is 78.7 Å². The van der Waals surface area contributed by atoms with Crippen molar-refractivity contribution in [2.45, 2.75) is 88.8 Å². The molecule has 3 fully saturated rings. The number of aromatic nitrogens is 1. The van der Waals surface area contributed by atoms with Gasteiger partial charge in [0.05, 0.1) is 24.9 Å². The van der Waals surface area contributed by atoms with Crippen molar-refractivity contribution in [2.75, 3.05) is 13.7 Å². The van der Waals surface area contributed by atoms with Gasteiger partial charge in [-0.25, -0.2) is 13.4 Å². The number of fused-ring (bicyclic) bond motifs is 1. The first-order valence-corrected chi connectivity index (χ1v) is 16.3. The summed E-state index contributed by atoms with van der Waals surface area (Å²) < 4.78 is 38.9. The second-order valence-corrected chi connectivity index (χ2v) is 14.9. The second-order valence-electron chi connectivity index (χ2n) is 13.0. The minimum Gasteiger partial charge on any atom is -0.497 e. The number of nitrogens with zero attached hydrogens (tertiary/aromatic N) is 2. The van der Waals surface area contributed by atoms with E-state index in [4.69, 9.17) is 15.2 Å². The molecule has 234 valence electrons. The van der Waals surface area contributed by atoms with Crippen molar-refractivity contribution in [2.24, 2.45) is 17.1 Å². The van der Waals surface area contributed by atoms with Crippen molar-refractivity contribution in [1.29, 1.82) is 0 Å². The number of hydrogen-bond acceptors (Lipinski definition) is 9. The first kappa shape index (κ1) is 31.0. The Bertz CT molecular complexity index is 1540. The van der Waals surface area contributed by atoms with Gasteiger partial charge in [-0.1, -0.05) is 34.1 Å². The average Bonchev–Trinajstić information content (AvgIpc) is 3.88. The molecule has 2 saturated carbocycles. The van der Waals surface area contributed by atoms with Gasteiger partial charge in [-0.2, -0.15) is 0 Å². The predicted octanol–water partition coefficient (Wildman–Crippen LogP) is 1.86. The van der Waals surface area contributed by atoms with Gasteiger partial charge in [-0.3, -0.25) is 19.1 Å². The number of likely N-dealkylation sites (tertiary alicyclic amines) is 1. The zero-order chi connectivity index (χ0) is 31.3. The number of benzene rings is 1. The number of nitrogens with two attached hydrogens (primary N) is 1. The number of rotatable bonds is 10. The van der Waals surface area contributed by atoms with E-state index in [1.54, 1.807) is 19.4 Å². The van der Waals surface area contributed by atoms with Gasteiger partial charge in [-0.15, -0.1) is 0 Å². The molecule has 4 N–H and O–H groups in total. The molecular formula is C30H41N5O7S. The molecule has 1 aliphatic heterocycles. The summed E-state index contributed by atoms with van der Waals surface area (Å²) in [6.07, 6.45) is 3.06. The molecule has 2 aliphatic carbocycles. The number of carbonyl (C=O) groups excluding carboxylic acids is 3. The van der Waals surface area contributed by atoms with E-state index >= 15 is 0 Å². The SMILES string of the molecule is CC[C@@H]1C[C@]1(NC(=O)[C@@H]1C[C@@H](Oc2nccc3cc(OC)ccc23)CN1C(=O)[C@@H](N)C(C)(C)C)C(=O)NS(=O)(=O)C1CC1. The lowest BCUT2D eigenvalue weighted by Gasteiger charge is -2.33. The third-order valence-electron chi connectivity index (χ3n) is 8.81. The van der Waals surface area contributed by atoms with Gasteiger partial charge in [0.15, 0.2) is 0 Å². The maximum Gasteiger partial charge on any atom is 0.259 e. The number of pyridine rings is 1. The smallest absolute Gasteiger partial charge is 0.259 e. The molecule has 0 radical (unpaired) electrons. The van der Waals surface area contributed by atoms with E-state index < -0.39 is 62.1 Å². The molecule has 5 atom stereocenters. The maximum absolute atomic E-state index is 13.9. The van der Waals surface area contributed by atoms with Crippen LogP contribution in [-0.2, 0) is 24.4 Å². The largest absolute Gasteiger partial charge is 0.497 e. The number of amides is 3. The van der Waals surface area contributed by atoms with E-state index in [0.29, 0.717) is 37.3 Å². The first-order valence-electron chi connectivity index (χ1n) is 14.7. The summed E-state index contributed by atoms with van der Waals surface area (Å²) in [7, 11) is -2.22. The van der Waals surface area contributed by atoms with Gasteiger partial charge in [-0.05, 0) is 60.2 Å². The van der Waals surface area contributed by atoms with Crippen LogP contribution in [0.5, 0.6) is 11.6 Å². The molecule has 2 heterocycles. The molecule has 3 aliphatic rings. The fraction of sp³-hybridized carbons (Fsp3) is 0.600. The molecule has 43 heavy (non-hydrogen) atoms. The highest BCUT2D eigenvalue weighted by molar-refractivity contribution is 7.91. The minimum absolute atomic E-state index is 0.0847. The van der Waals surface area contributed by atoms with Crippen LogP contribution in [0.4, 0.5) is 0 Å². The predicted molar refractivity (Wildman–Crippen MR) is 160 cm³/mol. The Morgan fingerprint density at radius 1 is 1.21 bits per heavy atom. The fourth-order valence-corrected chi connectivity index (χ4v) is 7.09. The third-order valence-corrected chi connectivity index (χ3v) is 10.6. The fourth-order valence-electron chi connectivity index (χ4n) is 5.73. The first-order chi connectivity index (χ1) is 20.2. The van der Waals surface area contributed by atoms with Crippen molar-refractivity contribution in [3.63, 3.8) is 0 Å². The molecule has 3 amide bonds. The van der Waals surface area contributed by atoms with Crippen LogP contribution < -0.4 is 25.2 Å². The van der Waals surface area contributed by atoms with Gasteiger partial charge >= 0.3 is 0 Å². The summed E-state index contributed by atoms with van der Waals surface area (Å²) in [5, 5.41) is 3.87. The van der Waals surface area contributed by atoms with E-state index in [1.807, 2.05) is 45.9 Å². The summed E-state index contributed by atoms with van der Waals surface area (Å²) in [4.78, 5) is 46.7. The highest BCUT2D eigenvalue weighted by atomic mass is 32.2. The highest BCUT2D eigenvalue weighted by Crippen LogP contribution is 2.47. The Hall–Kier alpha value is -3.45. The van der Waals surface area contributed by atoms with Gasteiger partial charge in [0, 0.05) is 18.0 Å². The molecule has 5 rings (SSSR count). The number of methoxy groups -OCH3 is 1. The Kier molecular flexibility index (Phi) is 8.10. The molecule has 2 aromatic rings. The van der Waals surface area contributed by atoms with Gasteiger partial charge in [0.2, 0.25) is 27.7 Å². The number of nitrogens with one attached hydrogen (secondary N) is 2. The topological polar surface area (TPSA) is 170 Å². The quantitative estimate of drug-likeness (QED) is 0.361. The lowest BCUT2D eigenvalue weighted by molar-refractivity contribution is -0.142. The highest BCUT2D eigenvalue weighted by Gasteiger charge is 2.62. The summed E-state index contributed by atoms with van der Waals surface area (Å²) in [6.45, 7) is 7.50. The normalized spacial score (nSPS) is 26.1. The van der Waals surface area contributed by atoms with Crippen LogP contribution in [0, 0.1) is 11.3 Å². The van der Waals surface area contributed by atoms with Gasteiger partial charge in [0.1, 0.15) is 23.4 Å². The van der Waals surface area contributed by atoms with Crippen LogP contribution in [0.3, 0.4) is 0 Å². The summed E-state index contributed by atoms with van der Waals surface area (Å²) in [5.41, 5.74) is 4.42. The molecule has 1 aromatic heterocycles. The molecule has 13 heteroatoms. The minimum atomic E-state index is -3.80. The van der Waals surface area contributed by atoms with Crippen LogP contribution in [0.1, 0.15) is 59.8 Å². The van der Waals surface area contributed by atoms with Crippen molar-refractivity contribution in [1.82, 2.24) is 19.9 Å². The van der Waals surface area contributed by atoms with Crippen LogP contribution in [0.15, 0.2) is 30.5 Å². The average molecular weight is 616 g/mol. The van der Waals surface area contributed by atoms with Crippen LogP contribution in [0.25, 0.3) is 10.8 Å². The number of sulfonamides is 1. The lowest BCUT2D eigenvalue weighted by Crippen LogP contribution is -2.59. The Morgan fingerprint density at radius 3 is 2.53 bits per heavy atom. The molecule has 0 spiro atoms. The summed E-state index contributed by atoms with van der Waals surface area (Å²) in [6, 6.07) is 5.46. The van der Waals surface area contributed by atoms with E-state index in [2.05, 4.69) is 15.0 Å². The lowest BCUT2D eigenvalue weighted by atomic mass is 9.86. The Balaban J connectivity index is 1.39. The number of carbonyl (C=O) groups is 3. The molecular weight excluding hydrogens is 574 g/mol. The van der Waals surface area contributed by atoms with E-state index in [-0.39, 0.29) is 18.9 Å². The monoisotopic (exact) mass is 615 g/mol. The maximum atomic E-state index is 13.9. The molecule has 12 nitrogen and oxygen atoms in total. The third kappa shape index (κ3) is 6.14. The van der Waals surface area contributed by atoms with Gasteiger partial charge in [0.25, 0.3) is 5.91 Å². The van der Waals surface area contributed by atoms with Crippen molar-refractivity contribution in [3.8, 4) is 11.6 Å². The molecule has 0 bridgehead atoms.